The molecule has 0 spiro atoms. The fourth-order valence-corrected chi connectivity index (χ4v) is 5.31. The Kier molecular flexibility index (Phi) is 13.6. The van der Waals surface area contributed by atoms with Gasteiger partial charge in [-0.25, -0.2) is 4.98 Å². The molecule has 2 fully saturated rings. The highest BCUT2D eigenvalue weighted by molar-refractivity contribution is 6.30. The van der Waals surface area contributed by atoms with Crippen molar-refractivity contribution in [2.45, 2.75) is 69.8 Å². The number of halogens is 2. The van der Waals surface area contributed by atoms with Gasteiger partial charge < -0.3 is 15.8 Å². The molecule has 206 valence electrons. The minimum absolute atomic E-state index is 0.0286. The number of ether oxygens (including phenoxy) is 1. The third-order valence-electron chi connectivity index (χ3n) is 7.20. The Bertz CT molecular complexity index is 1030. The number of amides is 1. The number of hydrogen-bond donors (Lipinski definition) is 2. The standard InChI is InChI=1S/C22H29NO2.C7H7ClN2O.CH3Cl/c1-2-17-16-20(19(17)12-15-23)25-21(24)22(13-8-3-4-9-14-22)18-10-6-5-7-11-18;1-5(11)10-7-3-2-6(8)4-9-7;1-2/h1,5-7,10-11,17,19-20H,3-4,8-9,12-16,23H2;2-4H,1H3,(H,9,10,11);1H3/p+1. The van der Waals surface area contributed by atoms with Crippen molar-refractivity contribution in [2.24, 2.45) is 11.8 Å². The lowest BCUT2D eigenvalue weighted by molar-refractivity contribution is -0.372. The summed E-state index contributed by atoms with van der Waals surface area (Å²) in [5, 5.41) is 3.08. The van der Waals surface area contributed by atoms with Crippen LogP contribution in [-0.4, -0.2) is 35.9 Å². The van der Waals surface area contributed by atoms with Crippen molar-refractivity contribution in [1.29, 1.82) is 0 Å². The number of terminal acetylenes is 1. The van der Waals surface area contributed by atoms with Crippen LogP contribution in [0.5, 0.6) is 0 Å². The van der Waals surface area contributed by atoms with Gasteiger partial charge in [0.25, 0.3) is 0 Å². The molecule has 0 saturated heterocycles. The zero-order valence-electron chi connectivity index (χ0n) is 22.4. The van der Waals surface area contributed by atoms with E-state index in [0.29, 0.717) is 10.8 Å². The van der Waals surface area contributed by atoms with Gasteiger partial charge in [0.15, 0.2) is 0 Å². The molecule has 2 aliphatic carbocycles. The maximum Gasteiger partial charge on any atom is 0.316 e. The number of alkyl halides is 1. The Morgan fingerprint density at radius 2 is 1.79 bits per heavy atom. The van der Waals surface area contributed by atoms with Gasteiger partial charge in [0.05, 0.1) is 17.0 Å². The summed E-state index contributed by atoms with van der Waals surface area (Å²) in [5.74, 6) is 3.72. The van der Waals surface area contributed by atoms with E-state index in [4.69, 9.17) is 22.8 Å². The summed E-state index contributed by atoms with van der Waals surface area (Å²) in [5.41, 5.74) is 4.58. The molecule has 3 unspecified atom stereocenters. The van der Waals surface area contributed by atoms with Gasteiger partial charge in [0.1, 0.15) is 11.9 Å². The fourth-order valence-electron chi connectivity index (χ4n) is 5.19. The van der Waals surface area contributed by atoms with Crippen LogP contribution in [0.3, 0.4) is 0 Å². The number of hydrogen-bond acceptors (Lipinski definition) is 4. The average Bonchev–Trinajstić information content (AvgIpc) is 3.20. The Morgan fingerprint density at radius 1 is 1.13 bits per heavy atom. The second-order valence-corrected chi connectivity index (χ2v) is 10.1. The summed E-state index contributed by atoms with van der Waals surface area (Å²) in [4.78, 5) is 27.7. The smallest absolute Gasteiger partial charge is 0.316 e. The lowest BCUT2D eigenvalue weighted by atomic mass is 9.69. The third kappa shape index (κ3) is 8.73. The molecule has 3 atom stereocenters. The zero-order chi connectivity index (χ0) is 28.0. The number of carbonyl (C=O) groups is 2. The summed E-state index contributed by atoms with van der Waals surface area (Å²) in [7, 11) is 0. The number of nitrogens with one attached hydrogen (secondary N) is 1. The van der Waals surface area contributed by atoms with Crippen LogP contribution in [0, 0.1) is 24.2 Å². The number of quaternary nitrogens is 1. The van der Waals surface area contributed by atoms with E-state index in [9.17, 15) is 9.59 Å². The second kappa shape index (κ2) is 16.4. The number of carbonyl (C=O) groups excluding carboxylic acids is 2. The molecule has 1 aromatic carbocycles. The van der Waals surface area contributed by atoms with Gasteiger partial charge in [-0.2, -0.15) is 0 Å². The van der Waals surface area contributed by atoms with E-state index in [1.54, 1.807) is 12.1 Å². The average molecular weight is 562 g/mol. The van der Waals surface area contributed by atoms with Gasteiger partial charge in [-0.1, -0.05) is 67.6 Å². The van der Waals surface area contributed by atoms with Crippen LogP contribution in [0.25, 0.3) is 0 Å². The number of nitrogens with zero attached hydrogens (tertiary/aromatic N) is 1. The maximum absolute atomic E-state index is 13.3. The molecule has 0 aliphatic heterocycles. The minimum Gasteiger partial charge on any atom is -0.461 e. The van der Waals surface area contributed by atoms with E-state index in [2.05, 4.69) is 45.7 Å². The molecule has 2 aliphatic rings. The van der Waals surface area contributed by atoms with Crippen molar-refractivity contribution in [3.8, 4) is 12.3 Å². The van der Waals surface area contributed by atoms with Crippen molar-refractivity contribution < 1.29 is 20.1 Å². The largest absolute Gasteiger partial charge is 0.461 e. The SMILES string of the molecule is C#CC1CC(OC(=O)C2(c3ccccc3)CCCCCC2)C1CC[NH3+].CC(=O)Nc1ccc(Cl)cn1.CCl. The van der Waals surface area contributed by atoms with Crippen LogP contribution in [0.4, 0.5) is 5.82 Å². The quantitative estimate of drug-likeness (QED) is 0.207. The number of benzene rings is 1. The van der Waals surface area contributed by atoms with Gasteiger partial charge in [0, 0.05) is 37.8 Å². The van der Waals surface area contributed by atoms with Crippen molar-refractivity contribution in [3.05, 3.63) is 59.2 Å². The van der Waals surface area contributed by atoms with Gasteiger partial charge >= 0.3 is 5.97 Å². The summed E-state index contributed by atoms with van der Waals surface area (Å²) in [6, 6.07) is 13.5. The summed E-state index contributed by atoms with van der Waals surface area (Å²) < 4.78 is 6.07. The van der Waals surface area contributed by atoms with E-state index < -0.39 is 5.41 Å². The summed E-state index contributed by atoms with van der Waals surface area (Å²) >= 11 is 10.2. The maximum atomic E-state index is 13.3. The normalized spacial score (nSPS) is 21.4. The minimum atomic E-state index is -0.478. The molecule has 1 amide bonds. The first kappa shape index (κ1) is 31.6. The molecule has 8 heteroatoms. The molecule has 6 nitrogen and oxygen atoms in total. The van der Waals surface area contributed by atoms with Crippen LogP contribution in [0.15, 0.2) is 48.7 Å². The summed E-state index contributed by atoms with van der Waals surface area (Å²) in [6.45, 7) is 2.26. The molecule has 4 N–H and O–H groups in total. The highest BCUT2D eigenvalue weighted by atomic mass is 35.5. The molecule has 2 aromatic rings. The van der Waals surface area contributed by atoms with Gasteiger partial charge in [-0.15, -0.1) is 23.9 Å². The van der Waals surface area contributed by atoms with E-state index in [-0.39, 0.29) is 29.8 Å². The number of rotatable bonds is 6. The zero-order valence-corrected chi connectivity index (χ0v) is 23.9. The van der Waals surface area contributed by atoms with E-state index in [1.807, 2.05) is 18.2 Å². The van der Waals surface area contributed by atoms with Crippen LogP contribution in [0.1, 0.15) is 63.9 Å². The highest BCUT2D eigenvalue weighted by Crippen LogP contribution is 2.43. The second-order valence-electron chi connectivity index (χ2n) is 9.66. The molecular weight excluding hydrogens is 521 g/mol. The number of pyridine rings is 1. The van der Waals surface area contributed by atoms with Crippen LogP contribution < -0.4 is 11.1 Å². The first-order valence-electron chi connectivity index (χ1n) is 13.2. The first-order valence-corrected chi connectivity index (χ1v) is 14.3. The molecule has 2 saturated carbocycles. The van der Waals surface area contributed by atoms with Crippen molar-refractivity contribution in [3.63, 3.8) is 0 Å². The van der Waals surface area contributed by atoms with Crippen LogP contribution >= 0.6 is 23.2 Å². The number of anilines is 1. The van der Waals surface area contributed by atoms with E-state index >= 15 is 0 Å². The fraction of sp³-hybridized carbons (Fsp3) is 0.500. The summed E-state index contributed by atoms with van der Waals surface area (Å²) in [6.07, 6.45) is 16.6. The Hall–Kier alpha value is -2.59. The lowest BCUT2D eigenvalue weighted by Gasteiger charge is -2.43. The van der Waals surface area contributed by atoms with Gasteiger partial charge in [-0.05, 0) is 37.0 Å². The molecule has 0 radical (unpaired) electrons. The molecule has 1 aromatic heterocycles. The molecule has 1 heterocycles. The molecule has 0 bridgehead atoms. The monoisotopic (exact) mass is 560 g/mol. The predicted molar refractivity (Wildman–Crippen MR) is 154 cm³/mol. The van der Waals surface area contributed by atoms with Crippen LogP contribution in [0.2, 0.25) is 5.02 Å². The van der Waals surface area contributed by atoms with Gasteiger partial charge in [0.2, 0.25) is 5.91 Å². The van der Waals surface area contributed by atoms with Gasteiger partial charge in [-0.3, -0.25) is 9.59 Å². The highest BCUT2D eigenvalue weighted by Gasteiger charge is 2.47. The Morgan fingerprint density at radius 3 is 2.32 bits per heavy atom. The Balaban J connectivity index is 0.000000327. The first-order chi connectivity index (χ1) is 18.4. The van der Waals surface area contributed by atoms with Crippen molar-refractivity contribution in [1.82, 2.24) is 4.98 Å². The topological polar surface area (TPSA) is 95.9 Å². The van der Waals surface area contributed by atoms with E-state index in [0.717, 1.165) is 50.6 Å². The predicted octanol–water partition coefficient (Wildman–Crippen LogP) is 5.64. The molecule has 4 rings (SSSR count). The van der Waals surface area contributed by atoms with E-state index in [1.165, 1.54) is 32.3 Å². The van der Waals surface area contributed by atoms with Crippen molar-refractivity contribution >= 4 is 40.9 Å². The lowest BCUT2D eigenvalue weighted by Crippen LogP contribution is -2.55. The molecular formula is C30H40Cl2N3O3+. The third-order valence-corrected chi connectivity index (χ3v) is 7.42. The number of esters is 1. The Labute approximate surface area is 237 Å². The molecule has 38 heavy (non-hydrogen) atoms. The number of aromatic nitrogens is 1. The van der Waals surface area contributed by atoms with Crippen LogP contribution in [-0.2, 0) is 19.7 Å². The van der Waals surface area contributed by atoms with Crippen molar-refractivity contribution in [2.75, 3.05) is 18.2 Å².